The summed E-state index contributed by atoms with van der Waals surface area (Å²) in [7, 11) is 0. The number of pyridine rings is 1. The van der Waals surface area contributed by atoms with Gasteiger partial charge in [-0.05, 0) is 23.6 Å². The highest BCUT2D eigenvalue weighted by atomic mass is 35.5. The highest BCUT2D eigenvalue weighted by molar-refractivity contribution is 6.31. The van der Waals surface area contributed by atoms with Gasteiger partial charge in [0.15, 0.2) is 0 Å². The largest absolute Gasteiger partial charge is 0.393 e. The smallest absolute Gasteiger partial charge is 0.292 e. The topological polar surface area (TPSA) is 102 Å². The molecule has 0 saturated carbocycles. The van der Waals surface area contributed by atoms with E-state index in [0.717, 1.165) is 0 Å². The number of nitrogen functional groups attached to an aromatic ring is 1. The number of nitro benzene ring substituents is 1. The zero-order chi connectivity index (χ0) is 14.4. The van der Waals surface area contributed by atoms with Gasteiger partial charge in [-0.3, -0.25) is 14.9 Å². The number of nitrogens with one attached hydrogen (secondary N) is 1. The van der Waals surface area contributed by atoms with E-state index in [9.17, 15) is 14.9 Å². The Bertz CT molecular complexity index is 933. The van der Waals surface area contributed by atoms with E-state index in [1.165, 1.54) is 18.2 Å². The van der Waals surface area contributed by atoms with Gasteiger partial charge in [0, 0.05) is 21.9 Å². The predicted molar refractivity (Wildman–Crippen MR) is 78.2 cm³/mol. The number of halogens is 1. The summed E-state index contributed by atoms with van der Waals surface area (Å²) >= 11 is 5.87. The van der Waals surface area contributed by atoms with Crippen LogP contribution in [0.5, 0.6) is 0 Å². The molecule has 1 heterocycles. The zero-order valence-electron chi connectivity index (χ0n) is 10.0. The minimum atomic E-state index is -0.554. The van der Waals surface area contributed by atoms with Gasteiger partial charge in [0.05, 0.1) is 10.4 Å². The van der Waals surface area contributed by atoms with Crippen molar-refractivity contribution in [3.63, 3.8) is 0 Å². The van der Waals surface area contributed by atoms with Gasteiger partial charge in [0.25, 0.3) is 11.2 Å². The first-order valence-electron chi connectivity index (χ1n) is 5.66. The molecule has 0 radical (unpaired) electrons. The summed E-state index contributed by atoms with van der Waals surface area (Å²) in [6, 6.07) is 7.57. The van der Waals surface area contributed by atoms with Crippen LogP contribution in [-0.4, -0.2) is 9.91 Å². The number of nitrogens with two attached hydrogens (primary N) is 1. The zero-order valence-corrected chi connectivity index (χ0v) is 10.8. The molecule has 0 aliphatic rings. The Morgan fingerprint density at radius 3 is 2.60 bits per heavy atom. The van der Waals surface area contributed by atoms with Crippen LogP contribution in [0.1, 0.15) is 0 Å². The number of anilines is 1. The van der Waals surface area contributed by atoms with Crippen molar-refractivity contribution in [2.45, 2.75) is 0 Å². The molecular formula is C13H8ClN3O3. The Morgan fingerprint density at radius 1 is 1.15 bits per heavy atom. The van der Waals surface area contributed by atoms with E-state index < -0.39 is 4.92 Å². The molecule has 0 aliphatic heterocycles. The van der Waals surface area contributed by atoms with Crippen molar-refractivity contribution in [3.8, 4) is 0 Å². The minimum absolute atomic E-state index is 0.00598. The number of nitrogens with zero attached hydrogens (tertiary/aromatic N) is 1. The molecule has 0 aliphatic carbocycles. The standard InChI is InChI=1S/C13H8ClN3O3/c14-6-1-2-7-8-4-12(17(19)20)10(15)5-11(8)16-13(18)9(7)3-6/h1-5H,15H2,(H,16,18). The fourth-order valence-corrected chi connectivity index (χ4v) is 2.39. The van der Waals surface area contributed by atoms with Gasteiger partial charge in [-0.15, -0.1) is 0 Å². The van der Waals surface area contributed by atoms with E-state index in [1.54, 1.807) is 12.1 Å². The maximum atomic E-state index is 12.0. The molecule has 7 heteroatoms. The van der Waals surface area contributed by atoms with E-state index in [0.29, 0.717) is 26.7 Å². The Balaban J connectivity index is 2.55. The van der Waals surface area contributed by atoms with Crippen molar-refractivity contribution in [2.75, 3.05) is 5.73 Å². The molecule has 0 bridgehead atoms. The molecule has 6 nitrogen and oxygen atoms in total. The third-order valence-electron chi connectivity index (χ3n) is 3.13. The number of rotatable bonds is 1. The van der Waals surface area contributed by atoms with Gasteiger partial charge < -0.3 is 10.7 Å². The van der Waals surface area contributed by atoms with Crippen molar-refractivity contribution in [3.05, 3.63) is 55.8 Å². The molecule has 0 unspecified atom stereocenters. The number of nitro groups is 1. The Hall–Kier alpha value is -2.60. The van der Waals surface area contributed by atoms with Crippen molar-refractivity contribution in [1.29, 1.82) is 0 Å². The first-order chi connectivity index (χ1) is 9.47. The lowest BCUT2D eigenvalue weighted by molar-refractivity contribution is -0.383. The van der Waals surface area contributed by atoms with Gasteiger partial charge in [0.2, 0.25) is 0 Å². The van der Waals surface area contributed by atoms with Gasteiger partial charge in [-0.1, -0.05) is 17.7 Å². The summed E-state index contributed by atoms with van der Waals surface area (Å²) in [5, 5.41) is 12.9. The summed E-state index contributed by atoms with van der Waals surface area (Å²) in [6.07, 6.45) is 0. The molecule has 0 amide bonds. The number of fused-ring (bicyclic) bond motifs is 3. The second-order valence-corrected chi connectivity index (χ2v) is 4.79. The average molecular weight is 290 g/mol. The maximum Gasteiger partial charge on any atom is 0.292 e. The third kappa shape index (κ3) is 1.78. The molecule has 100 valence electrons. The molecule has 0 saturated heterocycles. The lowest BCUT2D eigenvalue weighted by Crippen LogP contribution is -2.07. The quantitative estimate of drug-likeness (QED) is 0.311. The summed E-state index contributed by atoms with van der Waals surface area (Å²) in [6.45, 7) is 0. The number of hydrogen-bond acceptors (Lipinski definition) is 4. The molecule has 3 rings (SSSR count). The molecule has 2 aromatic carbocycles. The van der Waals surface area contributed by atoms with Crippen LogP contribution in [0.2, 0.25) is 5.02 Å². The number of aromatic amines is 1. The second kappa shape index (κ2) is 4.21. The van der Waals surface area contributed by atoms with Crippen molar-refractivity contribution in [1.82, 2.24) is 4.98 Å². The first kappa shape index (κ1) is 12.4. The molecule has 0 spiro atoms. The highest BCUT2D eigenvalue weighted by Crippen LogP contribution is 2.30. The van der Waals surface area contributed by atoms with E-state index in [2.05, 4.69) is 4.98 Å². The average Bonchev–Trinajstić information content (AvgIpc) is 2.38. The van der Waals surface area contributed by atoms with Crippen LogP contribution in [0.15, 0.2) is 35.1 Å². The summed E-state index contributed by atoms with van der Waals surface area (Å²) < 4.78 is 0. The van der Waals surface area contributed by atoms with Crippen molar-refractivity contribution >= 4 is 44.7 Å². The molecule has 0 fully saturated rings. The number of aromatic nitrogens is 1. The molecule has 3 aromatic rings. The fraction of sp³-hybridized carbons (Fsp3) is 0. The third-order valence-corrected chi connectivity index (χ3v) is 3.36. The van der Waals surface area contributed by atoms with Crippen LogP contribution in [0, 0.1) is 10.1 Å². The SMILES string of the molecule is Nc1cc2[nH]c(=O)c3cc(Cl)ccc3c2cc1[N+](=O)[O-]. The summed E-state index contributed by atoms with van der Waals surface area (Å²) in [5.74, 6) is 0. The predicted octanol–water partition coefficient (Wildman–Crippen LogP) is 2.83. The van der Waals surface area contributed by atoms with Crippen LogP contribution < -0.4 is 11.3 Å². The number of benzene rings is 2. The molecule has 20 heavy (non-hydrogen) atoms. The minimum Gasteiger partial charge on any atom is -0.393 e. The van der Waals surface area contributed by atoms with E-state index in [1.807, 2.05) is 0 Å². The number of H-pyrrole nitrogens is 1. The lowest BCUT2D eigenvalue weighted by atomic mass is 10.1. The molecular weight excluding hydrogens is 282 g/mol. The van der Waals surface area contributed by atoms with E-state index in [-0.39, 0.29) is 16.9 Å². The molecule has 0 atom stereocenters. The monoisotopic (exact) mass is 289 g/mol. The van der Waals surface area contributed by atoms with Crippen LogP contribution in [0.25, 0.3) is 21.7 Å². The van der Waals surface area contributed by atoms with Crippen molar-refractivity contribution < 1.29 is 4.92 Å². The van der Waals surface area contributed by atoms with Gasteiger partial charge >= 0.3 is 0 Å². The van der Waals surface area contributed by atoms with Crippen LogP contribution in [-0.2, 0) is 0 Å². The second-order valence-electron chi connectivity index (χ2n) is 4.36. The molecule has 1 aromatic heterocycles. The number of hydrogen-bond donors (Lipinski definition) is 2. The van der Waals surface area contributed by atoms with Gasteiger partial charge in [-0.2, -0.15) is 0 Å². The Morgan fingerprint density at radius 2 is 1.90 bits per heavy atom. The normalized spacial score (nSPS) is 11.1. The van der Waals surface area contributed by atoms with E-state index >= 15 is 0 Å². The van der Waals surface area contributed by atoms with Crippen LogP contribution in [0.4, 0.5) is 11.4 Å². The first-order valence-corrected chi connectivity index (χ1v) is 6.04. The van der Waals surface area contributed by atoms with Crippen LogP contribution >= 0.6 is 11.6 Å². The van der Waals surface area contributed by atoms with Crippen molar-refractivity contribution in [2.24, 2.45) is 0 Å². The summed E-state index contributed by atoms with van der Waals surface area (Å²) in [5.41, 5.74) is 5.57. The Kier molecular flexibility index (Phi) is 2.62. The van der Waals surface area contributed by atoms with Crippen LogP contribution in [0.3, 0.4) is 0 Å². The van der Waals surface area contributed by atoms with Gasteiger partial charge in [0.1, 0.15) is 5.69 Å². The maximum absolute atomic E-state index is 12.0. The Labute approximate surface area is 116 Å². The summed E-state index contributed by atoms with van der Waals surface area (Å²) in [4.78, 5) is 25.0. The van der Waals surface area contributed by atoms with E-state index in [4.69, 9.17) is 17.3 Å². The fourth-order valence-electron chi connectivity index (χ4n) is 2.22. The van der Waals surface area contributed by atoms with Gasteiger partial charge in [-0.25, -0.2) is 0 Å². The lowest BCUT2D eigenvalue weighted by Gasteiger charge is -2.05. The molecule has 3 N–H and O–H groups in total. The highest BCUT2D eigenvalue weighted by Gasteiger charge is 2.15.